The average Bonchev–Trinajstić information content (AvgIpc) is 2.87. The van der Waals surface area contributed by atoms with Crippen molar-refractivity contribution in [2.75, 3.05) is 10.6 Å². The van der Waals surface area contributed by atoms with Gasteiger partial charge in [0.25, 0.3) is 0 Å². The van der Waals surface area contributed by atoms with Gasteiger partial charge in [0.05, 0.1) is 5.69 Å². The Morgan fingerprint density at radius 1 is 1.14 bits per heavy atom. The molecule has 0 aliphatic rings. The number of amides is 1. The molecule has 1 heterocycles. The lowest BCUT2D eigenvalue weighted by Crippen LogP contribution is -2.17. The number of anilines is 2. The van der Waals surface area contributed by atoms with E-state index in [2.05, 4.69) is 29.5 Å². The summed E-state index contributed by atoms with van der Waals surface area (Å²) in [4.78, 5) is 16.2. The Balaban J connectivity index is 2.08. The molecule has 2 rings (SSSR count). The highest BCUT2D eigenvalue weighted by molar-refractivity contribution is 7.14. The summed E-state index contributed by atoms with van der Waals surface area (Å²) in [6.07, 6.45) is 0. The zero-order valence-corrected chi connectivity index (χ0v) is 13.6. The van der Waals surface area contributed by atoms with E-state index in [1.807, 2.05) is 43.5 Å². The van der Waals surface area contributed by atoms with E-state index in [-0.39, 0.29) is 11.8 Å². The van der Waals surface area contributed by atoms with Gasteiger partial charge >= 0.3 is 0 Å². The first-order chi connectivity index (χ1) is 9.95. The Bertz CT molecular complexity index is 602. The van der Waals surface area contributed by atoms with Crippen molar-refractivity contribution in [2.45, 2.75) is 33.7 Å². The van der Waals surface area contributed by atoms with Gasteiger partial charge in [0, 0.05) is 28.6 Å². The standard InChI is InChI=1S/C16H21N3OS/c1-10(2)15(20)18-13-7-5-12(6-8-13)14-9-21-16(19-14)17-11(3)4/h5-11H,1-4H3,(H,17,19)(H,18,20). The average molecular weight is 303 g/mol. The molecule has 2 N–H and O–H groups in total. The van der Waals surface area contributed by atoms with Gasteiger partial charge in [-0.3, -0.25) is 4.79 Å². The van der Waals surface area contributed by atoms with Gasteiger partial charge in [-0.05, 0) is 26.0 Å². The summed E-state index contributed by atoms with van der Waals surface area (Å²) in [6.45, 7) is 7.94. The van der Waals surface area contributed by atoms with E-state index < -0.39 is 0 Å². The third-order valence-corrected chi connectivity index (χ3v) is 3.66. The van der Waals surface area contributed by atoms with Crippen LogP contribution in [0.5, 0.6) is 0 Å². The smallest absolute Gasteiger partial charge is 0.226 e. The molecule has 2 aromatic rings. The predicted molar refractivity (Wildman–Crippen MR) is 89.8 cm³/mol. The minimum atomic E-state index is -0.0205. The Labute approximate surface area is 129 Å². The summed E-state index contributed by atoms with van der Waals surface area (Å²) in [5.74, 6) is 0.00714. The lowest BCUT2D eigenvalue weighted by atomic mass is 10.1. The summed E-state index contributed by atoms with van der Waals surface area (Å²) in [7, 11) is 0. The van der Waals surface area contributed by atoms with Crippen LogP contribution in [0.1, 0.15) is 27.7 Å². The van der Waals surface area contributed by atoms with E-state index in [1.165, 1.54) is 0 Å². The first-order valence-corrected chi connectivity index (χ1v) is 7.97. The van der Waals surface area contributed by atoms with Gasteiger partial charge in [0.15, 0.2) is 5.13 Å². The zero-order valence-electron chi connectivity index (χ0n) is 12.8. The summed E-state index contributed by atoms with van der Waals surface area (Å²) in [5.41, 5.74) is 2.81. The van der Waals surface area contributed by atoms with Gasteiger partial charge in [-0.2, -0.15) is 0 Å². The SMILES string of the molecule is CC(C)Nc1nc(-c2ccc(NC(=O)C(C)C)cc2)cs1. The zero-order chi connectivity index (χ0) is 15.4. The number of thiazole rings is 1. The molecule has 0 fully saturated rings. The van der Waals surface area contributed by atoms with Gasteiger partial charge in [-0.1, -0.05) is 26.0 Å². The molecule has 0 aliphatic carbocycles. The van der Waals surface area contributed by atoms with Crippen molar-refractivity contribution in [1.82, 2.24) is 4.98 Å². The van der Waals surface area contributed by atoms with Crippen LogP contribution in [0, 0.1) is 5.92 Å². The van der Waals surface area contributed by atoms with Crippen LogP contribution < -0.4 is 10.6 Å². The number of rotatable bonds is 5. The fourth-order valence-corrected chi connectivity index (χ4v) is 2.60. The lowest BCUT2D eigenvalue weighted by Gasteiger charge is -2.08. The van der Waals surface area contributed by atoms with Crippen LogP contribution in [0.2, 0.25) is 0 Å². The minimum absolute atomic E-state index is 0.0205. The quantitative estimate of drug-likeness (QED) is 0.869. The molecule has 0 unspecified atom stereocenters. The number of hydrogen-bond donors (Lipinski definition) is 2. The van der Waals surface area contributed by atoms with Gasteiger partial charge in [-0.25, -0.2) is 4.98 Å². The van der Waals surface area contributed by atoms with Crippen LogP contribution in [0.4, 0.5) is 10.8 Å². The van der Waals surface area contributed by atoms with E-state index in [0.29, 0.717) is 6.04 Å². The molecule has 1 aromatic carbocycles. The van der Waals surface area contributed by atoms with Crippen LogP contribution in [0.15, 0.2) is 29.6 Å². The van der Waals surface area contributed by atoms with Crippen LogP contribution in [-0.4, -0.2) is 16.9 Å². The fourth-order valence-electron chi connectivity index (χ4n) is 1.73. The van der Waals surface area contributed by atoms with E-state index in [9.17, 15) is 4.79 Å². The van der Waals surface area contributed by atoms with Crippen LogP contribution in [-0.2, 0) is 4.79 Å². The van der Waals surface area contributed by atoms with E-state index in [1.54, 1.807) is 11.3 Å². The topological polar surface area (TPSA) is 54.0 Å². The molecule has 0 spiro atoms. The second-order valence-corrected chi connectivity index (χ2v) is 6.42. The van der Waals surface area contributed by atoms with Crippen molar-refractivity contribution in [3.63, 3.8) is 0 Å². The Hall–Kier alpha value is -1.88. The Morgan fingerprint density at radius 2 is 1.81 bits per heavy atom. The summed E-state index contributed by atoms with van der Waals surface area (Å²) in [6, 6.07) is 8.14. The predicted octanol–water partition coefficient (Wildman–Crippen LogP) is 4.22. The molecular formula is C16H21N3OS. The first kappa shape index (κ1) is 15.5. The normalized spacial score (nSPS) is 11.0. The highest BCUT2D eigenvalue weighted by Gasteiger charge is 2.08. The molecule has 4 nitrogen and oxygen atoms in total. The molecule has 112 valence electrons. The van der Waals surface area contributed by atoms with Crippen molar-refractivity contribution in [3.8, 4) is 11.3 Å². The van der Waals surface area contributed by atoms with Crippen molar-refractivity contribution in [1.29, 1.82) is 0 Å². The maximum absolute atomic E-state index is 11.6. The monoisotopic (exact) mass is 303 g/mol. The van der Waals surface area contributed by atoms with E-state index >= 15 is 0 Å². The molecule has 1 amide bonds. The second kappa shape index (κ2) is 6.72. The molecular weight excluding hydrogens is 282 g/mol. The number of carbonyl (C=O) groups excluding carboxylic acids is 1. The van der Waals surface area contributed by atoms with Gasteiger partial charge in [0.2, 0.25) is 5.91 Å². The van der Waals surface area contributed by atoms with Gasteiger partial charge < -0.3 is 10.6 Å². The molecule has 5 heteroatoms. The first-order valence-electron chi connectivity index (χ1n) is 7.09. The third kappa shape index (κ3) is 4.29. The fraction of sp³-hybridized carbons (Fsp3) is 0.375. The highest BCUT2D eigenvalue weighted by Crippen LogP contribution is 2.26. The number of benzene rings is 1. The molecule has 0 aliphatic heterocycles. The van der Waals surface area contributed by atoms with E-state index in [0.717, 1.165) is 22.1 Å². The molecule has 0 radical (unpaired) electrons. The molecule has 1 aromatic heterocycles. The largest absolute Gasteiger partial charge is 0.359 e. The maximum Gasteiger partial charge on any atom is 0.226 e. The van der Waals surface area contributed by atoms with Crippen LogP contribution in [0.3, 0.4) is 0 Å². The van der Waals surface area contributed by atoms with Gasteiger partial charge in [-0.15, -0.1) is 11.3 Å². The molecule has 0 atom stereocenters. The highest BCUT2D eigenvalue weighted by atomic mass is 32.1. The molecule has 0 bridgehead atoms. The summed E-state index contributed by atoms with van der Waals surface area (Å²) in [5, 5.41) is 9.14. The number of aromatic nitrogens is 1. The van der Waals surface area contributed by atoms with Gasteiger partial charge in [0.1, 0.15) is 0 Å². The number of hydrogen-bond acceptors (Lipinski definition) is 4. The van der Waals surface area contributed by atoms with Crippen molar-refractivity contribution < 1.29 is 4.79 Å². The molecule has 0 saturated carbocycles. The summed E-state index contributed by atoms with van der Waals surface area (Å²) >= 11 is 1.60. The Kier molecular flexibility index (Phi) is 4.96. The van der Waals surface area contributed by atoms with Crippen molar-refractivity contribution in [2.24, 2.45) is 5.92 Å². The number of carbonyl (C=O) groups is 1. The molecule has 21 heavy (non-hydrogen) atoms. The number of nitrogens with zero attached hydrogens (tertiary/aromatic N) is 1. The third-order valence-electron chi connectivity index (χ3n) is 2.89. The summed E-state index contributed by atoms with van der Waals surface area (Å²) < 4.78 is 0. The maximum atomic E-state index is 11.6. The second-order valence-electron chi connectivity index (χ2n) is 5.56. The number of nitrogens with one attached hydrogen (secondary N) is 2. The Morgan fingerprint density at radius 3 is 2.38 bits per heavy atom. The van der Waals surface area contributed by atoms with E-state index in [4.69, 9.17) is 0 Å². The lowest BCUT2D eigenvalue weighted by molar-refractivity contribution is -0.118. The molecule has 0 saturated heterocycles. The van der Waals surface area contributed by atoms with Crippen LogP contribution >= 0.6 is 11.3 Å². The van der Waals surface area contributed by atoms with Crippen molar-refractivity contribution in [3.05, 3.63) is 29.6 Å². The minimum Gasteiger partial charge on any atom is -0.359 e. The van der Waals surface area contributed by atoms with Crippen LogP contribution in [0.25, 0.3) is 11.3 Å². The van der Waals surface area contributed by atoms with Crippen molar-refractivity contribution >= 4 is 28.1 Å².